The molecule has 1 amide bonds. The van der Waals surface area contributed by atoms with Gasteiger partial charge in [-0.2, -0.15) is 0 Å². The zero-order valence-electron chi connectivity index (χ0n) is 15.6. The number of hydrogen-bond acceptors (Lipinski definition) is 3. The molecule has 1 unspecified atom stereocenters. The van der Waals surface area contributed by atoms with Crippen LogP contribution in [0.2, 0.25) is 0 Å². The lowest BCUT2D eigenvalue weighted by molar-refractivity contribution is -0.137. The molecule has 1 saturated heterocycles. The van der Waals surface area contributed by atoms with Crippen molar-refractivity contribution in [3.05, 3.63) is 54.1 Å². The van der Waals surface area contributed by atoms with Crippen molar-refractivity contribution in [2.75, 3.05) is 13.7 Å². The van der Waals surface area contributed by atoms with Crippen molar-refractivity contribution in [2.24, 2.45) is 0 Å². The van der Waals surface area contributed by atoms with Gasteiger partial charge in [0.15, 0.2) is 0 Å². The molecule has 5 nitrogen and oxygen atoms in total. The summed E-state index contributed by atoms with van der Waals surface area (Å²) in [6.07, 6.45) is 3.49. The van der Waals surface area contributed by atoms with Gasteiger partial charge in [0, 0.05) is 24.6 Å². The number of carboxylic acids is 1. The number of carbonyl (C=O) groups is 2. The number of methoxy groups -OCH3 is 1. The third kappa shape index (κ3) is 4.67. The Morgan fingerprint density at radius 2 is 1.89 bits per heavy atom. The molecule has 1 N–H and O–H groups in total. The number of amides is 1. The first-order valence-electron chi connectivity index (χ1n) is 9.36. The van der Waals surface area contributed by atoms with Crippen LogP contribution in [0.3, 0.4) is 0 Å². The van der Waals surface area contributed by atoms with E-state index in [0.717, 1.165) is 36.1 Å². The van der Waals surface area contributed by atoms with Crippen molar-refractivity contribution >= 4 is 11.9 Å². The second kappa shape index (κ2) is 8.71. The van der Waals surface area contributed by atoms with Gasteiger partial charge in [0.05, 0.1) is 7.11 Å². The van der Waals surface area contributed by atoms with Crippen molar-refractivity contribution in [2.45, 2.75) is 38.1 Å². The highest BCUT2D eigenvalue weighted by atomic mass is 16.5. The third-order valence-corrected chi connectivity index (χ3v) is 5.11. The Kier molecular flexibility index (Phi) is 6.12. The van der Waals surface area contributed by atoms with Crippen LogP contribution in [-0.4, -0.2) is 41.6 Å². The normalized spacial score (nSPS) is 16.8. The molecule has 3 rings (SSSR count). The fourth-order valence-corrected chi connectivity index (χ4v) is 3.64. The van der Waals surface area contributed by atoms with E-state index in [2.05, 4.69) is 0 Å². The number of likely N-dealkylation sites (tertiary alicyclic amines) is 1. The highest BCUT2D eigenvalue weighted by molar-refractivity contribution is 5.95. The lowest BCUT2D eigenvalue weighted by atomic mass is 9.96. The second-order valence-electron chi connectivity index (χ2n) is 6.89. The molecule has 142 valence electrons. The minimum absolute atomic E-state index is 0.00647. The van der Waals surface area contributed by atoms with Gasteiger partial charge in [-0.3, -0.25) is 9.59 Å². The monoisotopic (exact) mass is 367 g/mol. The standard InChI is InChI=1S/C22H25NO4/c1-27-20-11-8-16(9-12-20)17-5-4-6-18(15-17)22(26)23-14-3-2-7-19(23)10-13-21(24)25/h4-6,8-9,11-12,15,19H,2-3,7,10,13-14H2,1H3,(H,24,25). The van der Waals surface area contributed by atoms with Gasteiger partial charge in [-0.1, -0.05) is 24.3 Å². The van der Waals surface area contributed by atoms with Gasteiger partial charge in [0.1, 0.15) is 5.75 Å². The number of piperidine rings is 1. The summed E-state index contributed by atoms with van der Waals surface area (Å²) in [5.74, 6) is -0.0319. The van der Waals surface area contributed by atoms with Crippen molar-refractivity contribution in [1.82, 2.24) is 4.90 Å². The Morgan fingerprint density at radius 1 is 1.11 bits per heavy atom. The molecular weight excluding hydrogens is 342 g/mol. The van der Waals surface area contributed by atoms with E-state index in [1.165, 1.54) is 0 Å². The summed E-state index contributed by atoms with van der Waals surface area (Å²) in [4.78, 5) is 25.9. The van der Waals surface area contributed by atoms with E-state index in [1.54, 1.807) is 7.11 Å². The molecule has 2 aromatic rings. The van der Waals surface area contributed by atoms with E-state index in [9.17, 15) is 9.59 Å². The maximum absolute atomic E-state index is 13.1. The number of aliphatic carboxylic acids is 1. The fraction of sp³-hybridized carbons (Fsp3) is 0.364. The number of carbonyl (C=O) groups excluding carboxylic acids is 1. The Morgan fingerprint density at radius 3 is 2.59 bits per heavy atom. The van der Waals surface area contributed by atoms with E-state index < -0.39 is 5.97 Å². The van der Waals surface area contributed by atoms with Gasteiger partial charge in [0.25, 0.3) is 5.91 Å². The Labute approximate surface area is 159 Å². The Bertz CT molecular complexity index is 800. The molecule has 1 atom stereocenters. The van der Waals surface area contributed by atoms with E-state index >= 15 is 0 Å². The van der Waals surface area contributed by atoms with Crippen molar-refractivity contribution in [3.8, 4) is 16.9 Å². The van der Waals surface area contributed by atoms with Crippen LogP contribution in [-0.2, 0) is 4.79 Å². The molecule has 5 heteroatoms. The summed E-state index contributed by atoms with van der Waals surface area (Å²) in [7, 11) is 1.63. The van der Waals surface area contributed by atoms with Gasteiger partial charge in [-0.25, -0.2) is 0 Å². The average molecular weight is 367 g/mol. The predicted molar refractivity (Wildman–Crippen MR) is 104 cm³/mol. The minimum Gasteiger partial charge on any atom is -0.497 e. The summed E-state index contributed by atoms with van der Waals surface area (Å²) in [6, 6.07) is 15.4. The molecule has 1 aliphatic heterocycles. The van der Waals surface area contributed by atoms with E-state index in [1.807, 2.05) is 53.4 Å². The molecule has 1 fully saturated rings. The van der Waals surface area contributed by atoms with Crippen molar-refractivity contribution in [1.29, 1.82) is 0 Å². The predicted octanol–water partition coefficient (Wildman–Crippen LogP) is 4.22. The van der Waals surface area contributed by atoms with Crippen LogP contribution in [0.4, 0.5) is 0 Å². The largest absolute Gasteiger partial charge is 0.497 e. The van der Waals surface area contributed by atoms with Gasteiger partial charge < -0.3 is 14.7 Å². The van der Waals surface area contributed by atoms with Crippen LogP contribution in [0.1, 0.15) is 42.5 Å². The summed E-state index contributed by atoms with van der Waals surface area (Å²) >= 11 is 0. The van der Waals surface area contributed by atoms with Crippen LogP contribution in [0.5, 0.6) is 5.75 Å². The smallest absolute Gasteiger partial charge is 0.303 e. The van der Waals surface area contributed by atoms with E-state index in [0.29, 0.717) is 18.5 Å². The highest BCUT2D eigenvalue weighted by Crippen LogP contribution is 2.26. The van der Waals surface area contributed by atoms with Crippen LogP contribution < -0.4 is 4.74 Å². The first kappa shape index (κ1) is 19.0. The summed E-state index contributed by atoms with van der Waals surface area (Å²) in [6.45, 7) is 0.690. The third-order valence-electron chi connectivity index (χ3n) is 5.11. The lowest BCUT2D eigenvalue weighted by Crippen LogP contribution is -2.44. The maximum atomic E-state index is 13.1. The van der Waals surface area contributed by atoms with Crippen LogP contribution in [0.15, 0.2) is 48.5 Å². The number of hydrogen-bond donors (Lipinski definition) is 1. The van der Waals surface area contributed by atoms with Gasteiger partial charge in [-0.05, 0) is 61.1 Å². The van der Waals surface area contributed by atoms with Crippen LogP contribution in [0.25, 0.3) is 11.1 Å². The average Bonchev–Trinajstić information content (AvgIpc) is 2.72. The van der Waals surface area contributed by atoms with Gasteiger partial charge in [-0.15, -0.1) is 0 Å². The first-order chi connectivity index (χ1) is 13.1. The van der Waals surface area contributed by atoms with E-state index in [-0.39, 0.29) is 18.4 Å². The summed E-state index contributed by atoms with van der Waals surface area (Å²) in [5, 5.41) is 8.97. The fourth-order valence-electron chi connectivity index (χ4n) is 3.64. The van der Waals surface area contributed by atoms with Crippen molar-refractivity contribution in [3.63, 3.8) is 0 Å². The first-order valence-corrected chi connectivity index (χ1v) is 9.36. The molecule has 0 bridgehead atoms. The topological polar surface area (TPSA) is 66.8 Å². The molecule has 0 radical (unpaired) electrons. The molecule has 0 aliphatic carbocycles. The van der Waals surface area contributed by atoms with Crippen LogP contribution in [0, 0.1) is 0 Å². The summed E-state index contributed by atoms with van der Waals surface area (Å²) in [5.41, 5.74) is 2.64. The quantitative estimate of drug-likeness (QED) is 0.830. The second-order valence-corrected chi connectivity index (χ2v) is 6.89. The van der Waals surface area contributed by atoms with Gasteiger partial charge in [0.2, 0.25) is 0 Å². The van der Waals surface area contributed by atoms with E-state index in [4.69, 9.17) is 9.84 Å². The van der Waals surface area contributed by atoms with Gasteiger partial charge >= 0.3 is 5.97 Å². The SMILES string of the molecule is COc1ccc(-c2cccc(C(=O)N3CCCCC3CCC(=O)O)c2)cc1. The molecule has 1 aliphatic rings. The highest BCUT2D eigenvalue weighted by Gasteiger charge is 2.27. The molecular formula is C22H25NO4. The Hall–Kier alpha value is -2.82. The van der Waals surface area contributed by atoms with Crippen molar-refractivity contribution < 1.29 is 19.4 Å². The number of carboxylic acid groups (broad SMARTS) is 1. The molecule has 0 aromatic heterocycles. The minimum atomic E-state index is -0.811. The molecule has 0 spiro atoms. The Balaban J connectivity index is 1.79. The number of ether oxygens (including phenoxy) is 1. The zero-order chi connectivity index (χ0) is 19.2. The number of nitrogens with zero attached hydrogens (tertiary/aromatic N) is 1. The molecule has 1 heterocycles. The molecule has 0 saturated carbocycles. The zero-order valence-corrected chi connectivity index (χ0v) is 15.6. The van der Waals surface area contributed by atoms with Crippen LogP contribution >= 0.6 is 0 Å². The number of benzene rings is 2. The molecule has 2 aromatic carbocycles. The maximum Gasteiger partial charge on any atom is 0.303 e. The lowest BCUT2D eigenvalue weighted by Gasteiger charge is -2.35. The summed E-state index contributed by atoms with van der Waals surface area (Å²) < 4.78 is 5.20. The molecule has 27 heavy (non-hydrogen) atoms. The number of rotatable bonds is 6.